The summed E-state index contributed by atoms with van der Waals surface area (Å²) in [4.78, 5) is 18.6. The van der Waals surface area contributed by atoms with Gasteiger partial charge in [0.15, 0.2) is 0 Å². The Balaban J connectivity index is 1.32. The Morgan fingerprint density at radius 3 is 0.867 bits per heavy atom. The van der Waals surface area contributed by atoms with Gasteiger partial charge in [-0.15, -0.1) is 0 Å². The molecular weight excluding hydrogens is 745 g/mol. The van der Waals surface area contributed by atoms with Crippen molar-refractivity contribution in [2.75, 3.05) is 28.4 Å². The molecule has 5 heterocycles. The molecule has 2 N–H and O–H groups in total. The van der Waals surface area contributed by atoms with Crippen LogP contribution in [0.3, 0.4) is 0 Å². The lowest BCUT2D eigenvalue weighted by molar-refractivity contribution is 0.414. The molecule has 0 unspecified atom stereocenters. The van der Waals surface area contributed by atoms with Crippen molar-refractivity contribution in [1.82, 2.24) is 19.9 Å². The molecule has 3 aromatic heterocycles. The molecule has 0 amide bonds. The molecule has 8 heteroatoms. The molecule has 7 aromatic rings. The molecule has 8 bridgehead atoms. The van der Waals surface area contributed by atoms with Crippen LogP contribution in [0.2, 0.25) is 0 Å². The van der Waals surface area contributed by atoms with E-state index in [2.05, 4.69) is 107 Å². The van der Waals surface area contributed by atoms with Gasteiger partial charge in [0, 0.05) is 70.0 Å². The molecule has 0 aliphatic carbocycles. The number of H-pyrrole nitrogens is 2. The Bertz CT molecular complexity index is 2740. The molecule has 0 radical (unpaired) electrons. The molecule has 298 valence electrons. The average Bonchev–Trinajstić information content (AvgIpc) is 4.15. The molecule has 0 fully saturated rings. The zero-order valence-electron chi connectivity index (χ0n) is 34.2. The highest BCUT2D eigenvalue weighted by molar-refractivity contribution is 5.84. The van der Waals surface area contributed by atoms with Gasteiger partial charge < -0.3 is 28.9 Å². The quantitative estimate of drug-likeness (QED) is 0.128. The number of nitrogens with one attached hydrogen (secondary N) is 2. The third-order valence-electron chi connectivity index (χ3n) is 11.3. The first-order valence-corrected chi connectivity index (χ1v) is 20.1. The number of benzene rings is 4. The molecule has 0 saturated heterocycles. The van der Waals surface area contributed by atoms with Crippen LogP contribution < -0.4 is 18.9 Å². The number of hydrogen-bond acceptors (Lipinski definition) is 6. The highest BCUT2D eigenvalue weighted by Crippen LogP contribution is 2.32. The second kappa shape index (κ2) is 16.9. The monoisotopic (exact) mass is 790 g/mol. The van der Waals surface area contributed by atoms with Crippen LogP contribution in [-0.4, -0.2) is 48.4 Å². The van der Waals surface area contributed by atoms with Gasteiger partial charge in [-0.1, -0.05) is 48.5 Å². The van der Waals surface area contributed by atoms with Gasteiger partial charge in [-0.25, -0.2) is 9.97 Å². The van der Waals surface area contributed by atoms with Gasteiger partial charge in [-0.3, -0.25) is 0 Å². The molecule has 0 atom stereocenters. The van der Waals surface area contributed by atoms with E-state index in [0.717, 1.165) is 107 Å². The molecule has 2 aliphatic heterocycles. The van der Waals surface area contributed by atoms with E-state index in [1.54, 1.807) is 28.4 Å². The van der Waals surface area contributed by atoms with E-state index in [1.807, 2.05) is 48.5 Å². The van der Waals surface area contributed by atoms with E-state index in [0.29, 0.717) is 25.7 Å². The van der Waals surface area contributed by atoms with Gasteiger partial charge >= 0.3 is 0 Å². The minimum Gasteiger partial charge on any atom is -0.497 e. The zero-order chi connectivity index (χ0) is 41.0. The summed E-state index contributed by atoms with van der Waals surface area (Å²) in [5.74, 6) is 3.29. The minimum absolute atomic E-state index is 0.640. The van der Waals surface area contributed by atoms with E-state index in [-0.39, 0.29) is 0 Å². The molecule has 4 aromatic carbocycles. The first kappa shape index (κ1) is 38.2. The largest absolute Gasteiger partial charge is 0.497 e. The number of fused-ring (bicyclic) bond motifs is 8. The van der Waals surface area contributed by atoms with Crippen molar-refractivity contribution in [2.24, 2.45) is 0 Å². The van der Waals surface area contributed by atoms with Crippen LogP contribution in [0.25, 0.3) is 46.4 Å². The Hall–Kier alpha value is -7.32. The minimum atomic E-state index is 0.640. The van der Waals surface area contributed by atoms with Crippen LogP contribution >= 0.6 is 0 Å². The molecule has 60 heavy (non-hydrogen) atoms. The molecule has 9 rings (SSSR count). The second-order valence-electron chi connectivity index (χ2n) is 15.0. The van der Waals surface area contributed by atoms with E-state index in [4.69, 9.17) is 28.9 Å². The van der Waals surface area contributed by atoms with Crippen LogP contribution in [0.15, 0.2) is 121 Å². The lowest BCUT2D eigenvalue weighted by Gasteiger charge is -2.08. The van der Waals surface area contributed by atoms with E-state index < -0.39 is 0 Å². The summed E-state index contributed by atoms with van der Waals surface area (Å²) in [6.45, 7) is 0. The summed E-state index contributed by atoms with van der Waals surface area (Å²) in [7, 11) is 6.77. The summed E-state index contributed by atoms with van der Waals surface area (Å²) in [6, 6.07) is 41.8. The van der Waals surface area contributed by atoms with Crippen molar-refractivity contribution in [3.63, 3.8) is 0 Å². The standard InChI is InChI=1S/C52H46N4O4/c1-57-37-13-5-33(6-14-37)29-41-45-21-23-47(53-45)42(30-34-7-15-38(58-2)16-8-34)49-25-27-51(55-49)44(32-36-11-19-40(60-4)20-12-36)52-28-26-50(56-52)43(48-24-22-46(41)54-48)31-35-9-17-39(59-3)18-10-35/h5-28,53-54H,29-32H2,1-4H3. The van der Waals surface area contributed by atoms with Crippen molar-refractivity contribution in [2.45, 2.75) is 25.7 Å². The van der Waals surface area contributed by atoms with Gasteiger partial charge in [0.2, 0.25) is 0 Å². The fourth-order valence-corrected chi connectivity index (χ4v) is 7.98. The SMILES string of the molecule is COc1ccc(Cc2c3nc(c(Cc4ccc(OC)cc4)c4ccc([nH]4)c(Cc4ccc(OC)cc4)c4ccc([nH]4)c(Cc4ccc(OC)cc4)c4nc2C=C4)C=C3)cc1. The lowest BCUT2D eigenvalue weighted by Crippen LogP contribution is -1.98. The van der Waals surface area contributed by atoms with Gasteiger partial charge in [0.05, 0.1) is 51.2 Å². The normalized spacial score (nSPS) is 11.8. The smallest absolute Gasteiger partial charge is 0.118 e. The average molecular weight is 791 g/mol. The van der Waals surface area contributed by atoms with Crippen LogP contribution in [-0.2, 0) is 25.7 Å². The maximum atomic E-state index is 5.50. The number of hydrogen-bond donors (Lipinski definition) is 2. The first-order chi connectivity index (χ1) is 29.5. The first-order valence-electron chi connectivity index (χ1n) is 20.1. The number of aromatic nitrogens is 4. The van der Waals surface area contributed by atoms with E-state index >= 15 is 0 Å². The molecule has 0 saturated carbocycles. The van der Waals surface area contributed by atoms with Gasteiger partial charge in [0.25, 0.3) is 0 Å². The van der Waals surface area contributed by atoms with Crippen LogP contribution in [0.5, 0.6) is 23.0 Å². The van der Waals surface area contributed by atoms with Crippen LogP contribution in [0.1, 0.15) is 67.3 Å². The van der Waals surface area contributed by atoms with Gasteiger partial charge in [-0.05, 0) is 119 Å². The Morgan fingerprint density at radius 2 is 0.567 bits per heavy atom. The van der Waals surface area contributed by atoms with Gasteiger partial charge in [-0.2, -0.15) is 0 Å². The third kappa shape index (κ3) is 8.05. The molecule has 0 spiro atoms. The predicted molar refractivity (Wildman–Crippen MR) is 242 cm³/mol. The van der Waals surface area contributed by atoms with Crippen molar-refractivity contribution < 1.29 is 18.9 Å². The summed E-state index contributed by atoms with van der Waals surface area (Å²) in [5, 5.41) is 0. The zero-order valence-corrected chi connectivity index (χ0v) is 34.2. The molecular formula is C52H46N4O4. The lowest BCUT2D eigenvalue weighted by atomic mass is 10.0. The number of rotatable bonds is 12. The topological polar surface area (TPSA) is 94.3 Å². The molecule has 8 nitrogen and oxygen atoms in total. The van der Waals surface area contributed by atoms with Crippen LogP contribution in [0.4, 0.5) is 0 Å². The fourth-order valence-electron chi connectivity index (χ4n) is 7.98. The maximum absolute atomic E-state index is 5.50. The second-order valence-corrected chi connectivity index (χ2v) is 15.0. The summed E-state index contributed by atoms with van der Waals surface area (Å²) in [6.07, 6.45) is 11.2. The van der Waals surface area contributed by atoms with Crippen molar-refractivity contribution in [3.8, 4) is 23.0 Å². The number of aromatic amines is 2. The molecule has 2 aliphatic rings. The summed E-state index contributed by atoms with van der Waals surface area (Å²) < 4.78 is 22.0. The van der Waals surface area contributed by atoms with Crippen LogP contribution in [0, 0.1) is 0 Å². The number of ether oxygens (including phenoxy) is 4. The third-order valence-corrected chi connectivity index (χ3v) is 11.3. The highest BCUT2D eigenvalue weighted by Gasteiger charge is 2.18. The van der Waals surface area contributed by atoms with E-state index in [1.165, 1.54) is 5.56 Å². The Labute approximate surface area is 349 Å². The van der Waals surface area contributed by atoms with E-state index in [9.17, 15) is 0 Å². The van der Waals surface area contributed by atoms with Gasteiger partial charge in [0.1, 0.15) is 23.0 Å². The highest BCUT2D eigenvalue weighted by atomic mass is 16.5. The maximum Gasteiger partial charge on any atom is 0.118 e. The van der Waals surface area contributed by atoms with Crippen molar-refractivity contribution in [1.29, 1.82) is 0 Å². The Morgan fingerprint density at radius 1 is 0.317 bits per heavy atom. The predicted octanol–water partition coefficient (Wildman–Crippen LogP) is 11.1. The Kier molecular flexibility index (Phi) is 10.7. The van der Waals surface area contributed by atoms with Crippen molar-refractivity contribution in [3.05, 3.63) is 189 Å². The fraction of sp³-hybridized carbons (Fsp3) is 0.154. The number of methoxy groups -OCH3 is 4. The van der Waals surface area contributed by atoms with Crippen molar-refractivity contribution >= 4 is 46.4 Å². The summed E-state index contributed by atoms with van der Waals surface area (Å²) >= 11 is 0. The summed E-state index contributed by atoms with van der Waals surface area (Å²) in [5.41, 5.74) is 16.7. The number of nitrogens with zero attached hydrogens (tertiary/aromatic N) is 2.